The van der Waals surface area contributed by atoms with Gasteiger partial charge in [-0.1, -0.05) is 58.0 Å². The molecule has 0 spiro atoms. The number of benzene rings is 2. The van der Waals surface area contributed by atoms with Crippen LogP contribution in [0, 0.1) is 17.2 Å². The standard InChI is InChI=1S/C24H31FO3Si/c1-17(24(2,3)4)21(26)15-23(28-29(5)6)20-13-12-19(25)14-22(20)27-16-18-10-8-7-9-11-18/h7-15,17,29H,16H2,1-6H3/b23-15-/t17-/m1/s1. The zero-order chi connectivity index (χ0) is 21.6. The molecule has 1 atom stereocenters. The van der Waals surface area contributed by atoms with Crippen LogP contribution in [0.5, 0.6) is 5.75 Å². The van der Waals surface area contributed by atoms with Crippen LogP contribution in [-0.4, -0.2) is 14.8 Å². The van der Waals surface area contributed by atoms with Gasteiger partial charge < -0.3 is 9.16 Å². The summed E-state index contributed by atoms with van der Waals surface area (Å²) in [5, 5.41) is 0. The first kappa shape index (κ1) is 22.9. The monoisotopic (exact) mass is 414 g/mol. The van der Waals surface area contributed by atoms with Crippen LogP contribution in [0.15, 0.2) is 54.6 Å². The molecule has 0 bridgehead atoms. The maximum atomic E-state index is 13.9. The molecule has 29 heavy (non-hydrogen) atoms. The van der Waals surface area contributed by atoms with Crippen molar-refractivity contribution in [2.45, 2.75) is 47.4 Å². The van der Waals surface area contributed by atoms with Crippen LogP contribution in [0.3, 0.4) is 0 Å². The lowest BCUT2D eigenvalue weighted by atomic mass is 9.79. The van der Waals surface area contributed by atoms with Crippen LogP contribution in [0.4, 0.5) is 4.39 Å². The van der Waals surface area contributed by atoms with Gasteiger partial charge in [-0.3, -0.25) is 4.79 Å². The molecule has 2 aromatic rings. The van der Waals surface area contributed by atoms with Crippen LogP contribution in [0.1, 0.15) is 38.8 Å². The minimum Gasteiger partial charge on any atom is -0.546 e. The molecule has 0 aromatic heterocycles. The van der Waals surface area contributed by atoms with Crippen LogP contribution in [0.25, 0.3) is 5.76 Å². The van der Waals surface area contributed by atoms with E-state index in [0.717, 1.165) is 5.56 Å². The maximum Gasteiger partial charge on any atom is 0.229 e. The largest absolute Gasteiger partial charge is 0.546 e. The van der Waals surface area contributed by atoms with Crippen LogP contribution < -0.4 is 4.74 Å². The fourth-order valence-corrected chi connectivity index (χ4v) is 3.37. The summed E-state index contributed by atoms with van der Waals surface area (Å²) in [4.78, 5) is 12.9. The van der Waals surface area contributed by atoms with Gasteiger partial charge in [0.15, 0.2) is 5.78 Å². The average molecular weight is 415 g/mol. The number of hydrogen-bond acceptors (Lipinski definition) is 3. The van der Waals surface area contributed by atoms with Crippen LogP contribution in [0.2, 0.25) is 13.1 Å². The average Bonchev–Trinajstić information content (AvgIpc) is 2.65. The second-order valence-electron chi connectivity index (χ2n) is 8.58. The lowest BCUT2D eigenvalue weighted by molar-refractivity contribution is -0.120. The summed E-state index contributed by atoms with van der Waals surface area (Å²) in [6.07, 6.45) is 1.55. The number of carbonyl (C=O) groups excluding carboxylic acids is 1. The van der Waals surface area contributed by atoms with Crippen molar-refractivity contribution in [2.24, 2.45) is 11.3 Å². The highest BCUT2D eigenvalue weighted by Crippen LogP contribution is 2.32. The molecule has 156 valence electrons. The first-order valence-electron chi connectivity index (χ1n) is 9.96. The molecule has 2 aromatic carbocycles. The van der Waals surface area contributed by atoms with Gasteiger partial charge in [0.1, 0.15) is 23.9 Å². The predicted molar refractivity (Wildman–Crippen MR) is 119 cm³/mol. The maximum absolute atomic E-state index is 13.9. The van der Waals surface area contributed by atoms with Gasteiger partial charge in [-0.2, -0.15) is 0 Å². The number of carbonyl (C=O) groups is 1. The van der Waals surface area contributed by atoms with Crippen LogP contribution >= 0.6 is 0 Å². The van der Waals surface area contributed by atoms with Gasteiger partial charge in [0.05, 0.1) is 5.56 Å². The van der Waals surface area contributed by atoms with Gasteiger partial charge in [0.25, 0.3) is 0 Å². The van der Waals surface area contributed by atoms with Crippen LogP contribution in [-0.2, 0) is 15.8 Å². The smallest absolute Gasteiger partial charge is 0.229 e. The minimum absolute atomic E-state index is 0.0134. The molecular weight excluding hydrogens is 383 g/mol. The molecule has 0 aliphatic carbocycles. The van der Waals surface area contributed by atoms with E-state index in [1.54, 1.807) is 12.1 Å². The van der Waals surface area contributed by atoms with Crippen molar-refractivity contribution >= 4 is 20.6 Å². The molecule has 0 saturated carbocycles. The molecule has 0 fully saturated rings. The Morgan fingerprint density at radius 1 is 1.14 bits per heavy atom. The number of ether oxygens (including phenoxy) is 1. The summed E-state index contributed by atoms with van der Waals surface area (Å²) in [5.74, 6) is 0.235. The van der Waals surface area contributed by atoms with E-state index in [0.29, 0.717) is 23.7 Å². The van der Waals surface area contributed by atoms with E-state index in [2.05, 4.69) is 0 Å². The summed E-state index contributed by atoms with van der Waals surface area (Å²) in [5.41, 5.74) is 1.41. The number of halogens is 1. The van der Waals surface area contributed by atoms with Gasteiger partial charge in [-0.25, -0.2) is 4.39 Å². The highest BCUT2D eigenvalue weighted by atomic mass is 28.3. The summed E-state index contributed by atoms with van der Waals surface area (Å²) >= 11 is 0. The first-order chi connectivity index (χ1) is 13.6. The molecule has 5 heteroatoms. The van der Waals surface area contributed by atoms with Gasteiger partial charge in [0, 0.05) is 18.1 Å². The highest BCUT2D eigenvalue weighted by Gasteiger charge is 2.26. The third kappa shape index (κ3) is 6.86. The zero-order valence-corrected chi connectivity index (χ0v) is 19.3. The second-order valence-corrected chi connectivity index (χ2v) is 10.9. The number of rotatable bonds is 8. The summed E-state index contributed by atoms with van der Waals surface area (Å²) in [7, 11) is -1.51. The molecule has 0 radical (unpaired) electrons. The fourth-order valence-electron chi connectivity index (χ4n) is 2.66. The summed E-state index contributed by atoms with van der Waals surface area (Å²) in [6, 6.07) is 14.0. The van der Waals surface area contributed by atoms with E-state index in [-0.39, 0.29) is 17.1 Å². The van der Waals surface area contributed by atoms with E-state index in [9.17, 15) is 9.18 Å². The van der Waals surface area contributed by atoms with Gasteiger partial charge in [-0.15, -0.1) is 0 Å². The quantitative estimate of drug-likeness (QED) is 0.302. The Hall–Kier alpha value is -2.40. The Balaban J connectivity index is 2.39. The molecule has 0 N–H and O–H groups in total. The molecule has 0 amide bonds. The lowest BCUT2D eigenvalue weighted by Gasteiger charge is -2.25. The normalized spacial score (nSPS) is 13.3. The summed E-state index contributed by atoms with van der Waals surface area (Å²) in [6.45, 7) is 12.4. The molecule has 0 saturated heterocycles. The highest BCUT2D eigenvalue weighted by molar-refractivity contribution is 6.49. The molecule has 2 rings (SSSR count). The Morgan fingerprint density at radius 2 is 1.79 bits per heavy atom. The van der Waals surface area contributed by atoms with E-state index in [4.69, 9.17) is 9.16 Å². The van der Waals surface area contributed by atoms with Crippen molar-refractivity contribution in [3.8, 4) is 5.75 Å². The third-order valence-electron chi connectivity index (χ3n) is 4.81. The van der Waals surface area contributed by atoms with Gasteiger partial charge in [-0.05, 0) is 36.2 Å². The lowest BCUT2D eigenvalue weighted by Crippen LogP contribution is -2.25. The van der Waals surface area contributed by atoms with E-state index < -0.39 is 14.9 Å². The Bertz CT molecular complexity index is 854. The number of ketones is 1. The minimum atomic E-state index is -1.51. The molecule has 0 aliphatic rings. The van der Waals surface area contributed by atoms with Crippen molar-refractivity contribution in [1.82, 2.24) is 0 Å². The van der Waals surface area contributed by atoms with E-state index in [1.165, 1.54) is 12.1 Å². The molecular formula is C24H31FO3Si. The number of allylic oxidation sites excluding steroid dienone is 1. The van der Waals surface area contributed by atoms with Crippen molar-refractivity contribution in [1.29, 1.82) is 0 Å². The second kappa shape index (κ2) is 9.88. The molecule has 3 nitrogen and oxygen atoms in total. The first-order valence-corrected chi connectivity index (χ1v) is 12.7. The Morgan fingerprint density at radius 3 is 2.38 bits per heavy atom. The van der Waals surface area contributed by atoms with Crippen molar-refractivity contribution in [3.05, 3.63) is 71.6 Å². The Kier molecular flexibility index (Phi) is 7.79. The van der Waals surface area contributed by atoms with Gasteiger partial charge in [0.2, 0.25) is 9.04 Å². The fraction of sp³-hybridized carbons (Fsp3) is 0.375. The Labute approximate surface area is 175 Å². The zero-order valence-electron chi connectivity index (χ0n) is 18.2. The van der Waals surface area contributed by atoms with Crippen molar-refractivity contribution in [2.75, 3.05) is 0 Å². The SMILES string of the molecule is C[C@H](C(=O)/C=C(\O[SiH](C)C)c1ccc(F)cc1OCc1ccccc1)C(C)(C)C. The topological polar surface area (TPSA) is 35.5 Å². The van der Waals surface area contributed by atoms with E-state index in [1.807, 2.05) is 71.1 Å². The molecule has 0 aliphatic heterocycles. The molecule has 0 unspecified atom stereocenters. The van der Waals surface area contributed by atoms with E-state index >= 15 is 0 Å². The molecule has 0 heterocycles. The van der Waals surface area contributed by atoms with Crippen molar-refractivity contribution < 1.29 is 18.3 Å². The van der Waals surface area contributed by atoms with Crippen molar-refractivity contribution in [3.63, 3.8) is 0 Å². The summed E-state index contributed by atoms with van der Waals surface area (Å²) < 4.78 is 25.9. The van der Waals surface area contributed by atoms with Gasteiger partial charge >= 0.3 is 0 Å². The number of hydrogen-bond donors (Lipinski definition) is 0. The predicted octanol–water partition coefficient (Wildman–Crippen LogP) is 6.00. The third-order valence-corrected chi connectivity index (χ3v) is 5.53.